The number of alkyl halides is 1. The average Bonchev–Trinajstić information content (AvgIpc) is 3.08. The molecule has 0 spiro atoms. The molecule has 0 saturated carbocycles. The summed E-state index contributed by atoms with van der Waals surface area (Å²) in [6.07, 6.45) is -2.23. The number of likely N-dealkylation sites (tertiary alicyclic amines) is 1. The number of anilines is 3. The first-order valence-corrected chi connectivity index (χ1v) is 15.6. The highest BCUT2D eigenvalue weighted by Crippen LogP contribution is 2.34. The molecular formula is C33H38FN7O6. The van der Waals surface area contributed by atoms with E-state index < -0.39 is 30.9 Å². The molecule has 3 N–H and O–H groups in total. The van der Waals surface area contributed by atoms with E-state index in [1.165, 1.54) is 0 Å². The van der Waals surface area contributed by atoms with E-state index in [1.54, 1.807) is 37.6 Å². The highest BCUT2D eigenvalue weighted by molar-refractivity contribution is 5.81. The van der Waals surface area contributed by atoms with E-state index in [1.807, 2.05) is 18.2 Å². The molecular weight excluding hydrogens is 609 g/mol. The number of nitrogens with one attached hydrogen (secondary N) is 1. The van der Waals surface area contributed by atoms with Gasteiger partial charge in [-0.05, 0) is 36.4 Å². The molecule has 0 bridgehead atoms. The third-order valence-corrected chi connectivity index (χ3v) is 8.79. The molecule has 1 amide bonds. The second-order valence-electron chi connectivity index (χ2n) is 11.8. The summed E-state index contributed by atoms with van der Waals surface area (Å²) in [5.41, 5.74) is 2.60. The molecule has 3 fully saturated rings. The van der Waals surface area contributed by atoms with Crippen LogP contribution in [-0.4, -0.2) is 127 Å². The second-order valence-corrected chi connectivity index (χ2v) is 11.8. The predicted molar refractivity (Wildman–Crippen MR) is 170 cm³/mol. The molecule has 0 unspecified atom stereocenters. The summed E-state index contributed by atoms with van der Waals surface area (Å²) >= 11 is 0. The molecule has 14 heteroatoms. The predicted octanol–water partition coefficient (Wildman–Crippen LogP) is 1.96. The molecule has 3 aromatic rings. The van der Waals surface area contributed by atoms with Crippen molar-refractivity contribution in [3.63, 3.8) is 0 Å². The lowest BCUT2D eigenvalue weighted by Crippen LogP contribution is -2.56. The number of benzene rings is 2. The number of piperidine rings is 1. The Hall–Kier alpha value is -4.55. The summed E-state index contributed by atoms with van der Waals surface area (Å²) in [5.74, 6) is 1.17. The van der Waals surface area contributed by atoms with Crippen molar-refractivity contribution in [2.45, 2.75) is 30.8 Å². The lowest BCUT2D eigenvalue weighted by molar-refractivity contribution is -0.146. The van der Waals surface area contributed by atoms with Gasteiger partial charge in [0.25, 0.3) is 5.91 Å². The van der Waals surface area contributed by atoms with Crippen LogP contribution in [0.15, 0.2) is 48.7 Å². The van der Waals surface area contributed by atoms with Gasteiger partial charge >= 0.3 is 0 Å². The Bertz CT molecular complexity index is 1610. The summed E-state index contributed by atoms with van der Waals surface area (Å²) in [6.45, 7) is 4.56. The molecule has 47 heavy (non-hydrogen) atoms. The van der Waals surface area contributed by atoms with E-state index in [4.69, 9.17) is 19.3 Å². The summed E-state index contributed by atoms with van der Waals surface area (Å²) in [4.78, 5) is 27.1. The van der Waals surface area contributed by atoms with Crippen LogP contribution in [0.5, 0.6) is 11.5 Å². The van der Waals surface area contributed by atoms with Gasteiger partial charge in [-0.25, -0.2) is 14.4 Å². The van der Waals surface area contributed by atoms with Gasteiger partial charge in [0, 0.05) is 62.7 Å². The van der Waals surface area contributed by atoms with Gasteiger partial charge in [-0.15, -0.1) is 0 Å². The van der Waals surface area contributed by atoms with E-state index in [0.29, 0.717) is 23.2 Å². The minimum Gasteiger partial charge on any atom is -0.495 e. The van der Waals surface area contributed by atoms with Crippen molar-refractivity contribution in [1.82, 2.24) is 19.8 Å². The highest BCUT2D eigenvalue weighted by atomic mass is 19.1. The standard InChI is InChI=1S/C33H38FN7O6/c1-45-30-15-23(3-4-26(30)40-12-10-39(11-13-40)24-19-46-20-24)37-31-6-8-36-32(38-31)21-2-5-28(22(14-21)16-35)47-29-7-9-41(17-25(29)34)33(44)27(43)18-42/h2-6,8,14-15,24-25,27,29,42-43H,7,9-13,17-20H2,1H3,(H,36,37,38)/t25-,27+,29+/m1/s1. The van der Waals surface area contributed by atoms with Gasteiger partial charge in [-0.3, -0.25) is 9.69 Å². The number of carbonyl (C=O) groups excluding carboxylic acids is 1. The quantitative estimate of drug-likeness (QED) is 0.295. The van der Waals surface area contributed by atoms with E-state index in [0.717, 1.165) is 61.4 Å². The molecule has 4 heterocycles. The third kappa shape index (κ3) is 7.23. The van der Waals surface area contributed by atoms with Crippen molar-refractivity contribution >= 4 is 23.1 Å². The largest absolute Gasteiger partial charge is 0.495 e. The van der Waals surface area contributed by atoms with Crippen LogP contribution in [-0.2, 0) is 9.53 Å². The number of hydrogen-bond acceptors (Lipinski definition) is 12. The summed E-state index contributed by atoms with van der Waals surface area (Å²) in [7, 11) is 1.66. The van der Waals surface area contributed by atoms with Crippen molar-refractivity contribution in [3.05, 3.63) is 54.2 Å². The van der Waals surface area contributed by atoms with Gasteiger partial charge < -0.3 is 39.5 Å². The smallest absolute Gasteiger partial charge is 0.253 e. The third-order valence-electron chi connectivity index (χ3n) is 8.79. The van der Waals surface area contributed by atoms with Crippen LogP contribution >= 0.6 is 0 Å². The van der Waals surface area contributed by atoms with Crippen LogP contribution in [0.1, 0.15) is 12.0 Å². The van der Waals surface area contributed by atoms with Crippen molar-refractivity contribution in [1.29, 1.82) is 5.26 Å². The molecule has 3 atom stereocenters. The number of aromatic nitrogens is 2. The number of methoxy groups -OCH3 is 1. The van der Waals surface area contributed by atoms with Crippen LogP contribution in [0, 0.1) is 11.3 Å². The maximum Gasteiger partial charge on any atom is 0.253 e. The first-order chi connectivity index (χ1) is 22.9. The number of hydrogen-bond donors (Lipinski definition) is 3. The molecule has 0 radical (unpaired) electrons. The van der Waals surface area contributed by atoms with Crippen molar-refractivity contribution in [3.8, 4) is 29.0 Å². The van der Waals surface area contributed by atoms with E-state index in [9.17, 15) is 19.6 Å². The second kappa shape index (κ2) is 14.5. The molecule has 0 aliphatic carbocycles. The number of ether oxygens (including phenoxy) is 3. The number of amides is 1. The fraction of sp³-hybridized carbons (Fsp3) is 0.455. The number of carbonyl (C=O) groups is 1. The Labute approximate surface area is 272 Å². The Morgan fingerprint density at radius 3 is 2.64 bits per heavy atom. The Morgan fingerprint density at radius 1 is 1.15 bits per heavy atom. The van der Waals surface area contributed by atoms with Gasteiger partial charge in [-0.2, -0.15) is 5.26 Å². The topological polar surface area (TPSA) is 157 Å². The summed E-state index contributed by atoms with van der Waals surface area (Å²) in [5, 5.41) is 31.8. The maximum absolute atomic E-state index is 14.9. The molecule has 3 aliphatic heterocycles. The van der Waals surface area contributed by atoms with Crippen molar-refractivity contribution in [2.75, 3.05) is 76.4 Å². The molecule has 3 aliphatic rings. The first-order valence-electron chi connectivity index (χ1n) is 15.6. The maximum atomic E-state index is 14.9. The zero-order chi connectivity index (χ0) is 32.9. The molecule has 13 nitrogen and oxygen atoms in total. The number of piperazine rings is 1. The SMILES string of the molecule is COc1cc(Nc2ccnc(-c3ccc(O[C@H]4CCN(C(=O)[C@@H](O)CO)C[C@H]4F)c(C#N)c3)n2)ccc1N1CCN(C2COC2)CC1. The van der Waals surface area contributed by atoms with Crippen LogP contribution in [0.25, 0.3) is 11.4 Å². The number of rotatable bonds is 10. The summed E-state index contributed by atoms with van der Waals surface area (Å²) < 4.78 is 31.9. The Balaban J connectivity index is 1.10. The molecule has 2 aromatic carbocycles. The van der Waals surface area contributed by atoms with E-state index in [-0.39, 0.29) is 30.8 Å². The van der Waals surface area contributed by atoms with E-state index in [2.05, 4.69) is 31.2 Å². The molecule has 3 saturated heterocycles. The monoisotopic (exact) mass is 647 g/mol. The van der Waals surface area contributed by atoms with Gasteiger partial charge in [0.2, 0.25) is 0 Å². The number of aliphatic hydroxyl groups is 2. The van der Waals surface area contributed by atoms with Crippen LogP contribution < -0.4 is 19.7 Å². The Morgan fingerprint density at radius 2 is 1.96 bits per heavy atom. The Kier molecular flexibility index (Phi) is 9.98. The van der Waals surface area contributed by atoms with Crippen LogP contribution in [0.4, 0.5) is 21.6 Å². The van der Waals surface area contributed by atoms with Gasteiger partial charge in [0.15, 0.2) is 18.1 Å². The van der Waals surface area contributed by atoms with Crippen LogP contribution in [0.2, 0.25) is 0 Å². The minimum atomic E-state index is -1.58. The zero-order valence-electron chi connectivity index (χ0n) is 26.1. The number of aliphatic hydroxyl groups excluding tert-OH is 2. The van der Waals surface area contributed by atoms with Gasteiger partial charge in [0.1, 0.15) is 29.5 Å². The fourth-order valence-corrected chi connectivity index (χ4v) is 6.02. The lowest BCUT2D eigenvalue weighted by Gasteiger charge is -2.43. The van der Waals surface area contributed by atoms with Crippen molar-refractivity contribution in [2.24, 2.45) is 0 Å². The van der Waals surface area contributed by atoms with Crippen molar-refractivity contribution < 1.29 is 33.6 Å². The van der Waals surface area contributed by atoms with Gasteiger partial charge in [-0.1, -0.05) is 0 Å². The first kappa shape index (κ1) is 32.4. The molecule has 248 valence electrons. The average molecular weight is 648 g/mol. The minimum absolute atomic E-state index is 0.150. The zero-order valence-corrected chi connectivity index (χ0v) is 26.1. The number of halogens is 1. The molecule has 6 rings (SSSR count). The summed E-state index contributed by atoms with van der Waals surface area (Å²) in [6, 6.07) is 15.2. The normalized spacial score (nSPS) is 21.0. The number of nitriles is 1. The van der Waals surface area contributed by atoms with Crippen LogP contribution in [0.3, 0.4) is 0 Å². The fourth-order valence-electron chi connectivity index (χ4n) is 6.02. The number of nitrogens with zero attached hydrogens (tertiary/aromatic N) is 6. The van der Waals surface area contributed by atoms with E-state index >= 15 is 0 Å². The highest BCUT2D eigenvalue weighted by Gasteiger charge is 2.35. The molecule has 1 aromatic heterocycles. The van der Waals surface area contributed by atoms with Gasteiger partial charge in [0.05, 0.1) is 50.8 Å². The lowest BCUT2D eigenvalue weighted by atomic mass is 10.0.